The predicted octanol–water partition coefficient (Wildman–Crippen LogP) is 3.13. The van der Waals surface area contributed by atoms with Gasteiger partial charge in [-0.05, 0) is 52.3 Å². The van der Waals surface area contributed by atoms with Crippen LogP contribution in [0.15, 0.2) is 36.7 Å². The first-order valence-corrected chi connectivity index (χ1v) is 10.4. The lowest BCUT2D eigenvalue weighted by Crippen LogP contribution is -2.41. The third-order valence-corrected chi connectivity index (χ3v) is 6.34. The zero-order valence-corrected chi connectivity index (χ0v) is 18.0. The fourth-order valence-corrected chi connectivity index (χ4v) is 3.73. The van der Waals surface area contributed by atoms with E-state index in [2.05, 4.69) is 50.6 Å². The molecule has 0 aromatic carbocycles. The third kappa shape index (κ3) is 4.12. The molecule has 6 nitrogen and oxygen atoms in total. The molecule has 154 valence electrons. The number of anilines is 1. The number of hydrogen-bond donors (Lipinski definition) is 0. The maximum absolute atomic E-state index is 6.19. The van der Waals surface area contributed by atoms with Gasteiger partial charge in [0.25, 0.3) is 0 Å². The van der Waals surface area contributed by atoms with Crippen molar-refractivity contribution in [2.24, 2.45) is 0 Å². The first-order valence-electron chi connectivity index (χ1n) is 10.4. The van der Waals surface area contributed by atoms with Gasteiger partial charge in [0, 0.05) is 49.9 Å². The molecular formula is C22H30BN3O3. The highest BCUT2D eigenvalue weighted by molar-refractivity contribution is 6.62. The van der Waals surface area contributed by atoms with Crippen molar-refractivity contribution in [3.05, 3.63) is 42.2 Å². The van der Waals surface area contributed by atoms with E-state index < -0.39 is 0 Å². The molecule has 2 saturated heterocycles. The molecule has 0 atom stereocenters. The van der Waals surface area contributed by atoms with Crippen molar-refractivity contribution in [1.29, 1.82) is 0 Å². The summed E-state index contributed by atoms with van der Waals surface area (Å²) in [6, 6.07) is 7.90. The quantitative estimate of drug-likeness (QED) is 0.742. The lowest BCUT2D eigenvalue weighted by Gasteiger charge is -2.33. The number of pyridine rings is 2. The molecule has 2 aliphatic heterocycles. The molecule has 0 unspecified atom stereocenters. The molecule has 0 aliphatic carbocycles. The summed E-state index contributed by atoms with van der Waals surface area (Å²) in [5.74, 6) is 1.70. The summed E-state index contributed by atoms with van der Waals surface area (Å²) in [6.45, 7) is 12.2. The van der Waals surface area contributed by atoms with Gasteiger partial charge in [-0.3, -0.25) is 0 Å². The summed E-state index contributed by atoms with van der Waals surface area (Å²) in [5.41, 5.74) is 1.44. The van der Waals surface area contributed by atoms with Crippen LogP contribution in [0.1, 0.15) is 46.1 Å². The summed E-state index contributed by atoms with van der Waals surface area (Å²) >= 11 is 0. The number of aromatic nitrogens is 2. The maximum Gasteiger partial charge on any atom is 0.496 e. The normalized spacial score (nSPS) is 21.4. The van der Waals surface area contributed by atoms with E-state index >= 15 is 0 Å². The molecule has 2 aliphatic rings. The van der Waals surface area contributed by atoms with Crippen molar-refractivity contribution in [2.75, 3.05) is 18.0 Å². The minimum Gasteiger partial charge on any atom is -0.474 e. The van der Waals surface area contributed by atoms with Gasteiger partial charge in [0.05, 0.1) is 11.2 Å². The van der Waals surface area contributed by atoms with Crippen LogP contribution >= 0.6 is 0 Å². The van der Waals surface area contributed by atoms with Gasteiger partial charge in [0.1, 0.15) is 11.9 Å². The van der Waals surface area contributed by atoms with Crippen LogP contribution in [-0.4, -0.2) is 47.5 Å². The fraction of sp³-hybridized carbons (Fsp3) is 0.545. The highest BCUT2D eigenvalue weighted by Crippen LogP contribution is 2.36. The maximum atomic E-state index is 6.19. The molecule has 4 rings (SSSR count). The van der Waals surface area contributed by atoms with Crippen LogP contribution in [0.25, 0.3) is 0 Å². The van der Waals surface area contributed by atoms with Crippen molar-refractivity contribution in [3.63, 3.8) is 0 Å². The minimum atomic E-state index is -0.376. The SMILES string of the molecule is Cc1cc(N2CCC(Oc3ccccn3)CC2)ncc1B1OC(C)(C)C(C)(C)O1. The van der Waals surface area contributed by atoms with Gasteiger partial charge < -0.3 is 18.9 Å². The molecule has 0 saturated carbocycles. The number of rotatable bonds is 4. The van der Waals surface area contributed by atoms with Gasteiger partial charge in [-0.15, -0.1) is 0 Å². The molecule has 4 heterocycles. The second kappa shape index (κ2) is 7.61. The lowest BCUT2D eigenvalue weighted by molar-refractivity contribution is 0.00578. The van der Waals surface area contributed by atoms with Crippen LogP contribution in [0, 0.1) is 6.92 Å². The van der Waals surface area contributed by atoms with Crippen molar-refractivity contribution in [1.82, 2.24) is 9.97 Å². The monoisotopic (exact) mass is 395 g/mol. The lowest BCUT2D eigenvalue weighted by atomic mass is 9.77. The second-order valence-corrected chi connectivity index (χ2v) is 8.96. The fourth-order valence-electron chi connectivity index (χ4n) is 3.73. The first kappa shape index (κ1) is 20.2. The molecule has 2 aromatic rings. The highest BCUT2D eigenvalue weighted by Gasteiger charge is 2.52. The minimum absolute atomic E-state index is 0.200. The van der Waals surface area contributed by atoms with E-state index in [9.17, 15) is 0 Å². The van der Waals surface area contributed by atoms with Crippen molar-refractivity contribution in [3.8, 4) is 5.88 Å². The molecule has 7 heteroatoms. The summed E-state index contributed by atoms with van der Waals surface area (Å²) < 4.78 is 18.4. The summed E-state index contributed by atoms with van der Waals surface area (Å²) in [5, 5.41) is 0. The molecule has 0 spiro atoms. The van der Waals surface area contributed by atoms with Crippen LogP contribution in [0.4, 0.5) is 5.82 Å². The van der Waals surface area contributed by atoms with Crippen molar-refractivity contribution in [2.45, 2.75) is 64.8 Å². The van der Waals surface area contributed by atoms with Gasteiger partial charge >= 0.3 is 7.12 Å². The number of piperidine rings is 1. The Labute approximate surface area is 173 Å². The summed E-state index contributed by atoms with van der Waals surface area (Å²) in [7, 11) is -0.376. The van der Waals surface area contributed by atoms with E-state index in [0.29, 0.717) is 5.88 Å². The Morgan fingerprint density at radius 1 is 1.07 bits per heavy atom. The first-order chi connectivity index (χ1) is 13.7. The van der Waals surface area contributed by atoms with Crippen LogP contribution in [-0.2, 0) is 9.31 Å². The molecule has 0 radical (unpaired) electrons. The van der Waals surface area contributed by atoms with E-state index in [1.54, 1.807) is 6.20 Å². The Bertz CT molecular complexity index is 836. The standard InChI is InChI=1S/C22H30BN3O3/c1-16-14-19(25-15-18(16)23-28-21(2,3)22(4,5)29-23)26-12-9-17(10-13-26)27-20-8-6-7-11-24-20/h6-8,11,14-15,17H,9-10,12-13H2,1-5H3. The molecule has 2 aromatic heterocycles. The molecular weight excluding hydrogens is 365 g/mol. The van der Waals surface area contributed by atoms with Crippen LogP contribution in [0.3, 0.4) is 0 Å². The molecule has 2 fully saturated rings. The molecule has 0 amide bonds. The second-order valence-electron chi connectivity index (χ2n) is 8.96. The summed E-state index contributed by atoms with van der Waals surface area (Å²) in [4.78, 5) is 11.3. The summed E-state index contributed by atoms with van der Waals surface area (Å²) in [6.07, 6.45) is 5.78. The van der Waals surface area contributed by atoms with Crippen LogP contribution < -0.4 is 15.1 Å². The highest BCUT2D eigenvalue weighted by atomic mass is 16.7. The average Bonchev–Trinajstić information content (AvgIpc) is 2.90. The van der Waals surface area contributed by atoms with E-state index in [1.165, 1.54) is 0 Å². The predicted molar refractivity (Wildman–Crippen MR) is 115 cm³/mol. The smallest absolute Gasteiger partial charge is 0.474 e. The average molecular weight is 395 g/mol. The Morgan fingerprint density at radius 3 is 2.34 bits per heavy atom. The van der Waals surface area contributed by atoms with E-state index in [4.69, 9.17) is 19.0 Å². The Morgan fingerprint density at radius 2 is 1.76 bits per heavy atom. The zero-order chi connectivity index (χ0) is 20.6. The largest absolute Gasteiger partial charge is 0.496 e. The van der Waals surface area contributed by atoms with E-state index in [-0.39, 0.29) is 24.4 Å². The van der Waals surface area contributed by atoms with Crippen molar-refractivity contribution >= 4 is 18.4 Å². The molecule has 0 N–H and O–H groups in total. The van der Waals surface area contributed by atoms with Gasteiger partial charge in [-0.2, -0.15) is 0 Å². The number of hydrogen-bond acceptors (Lipinski definition) is 6. The Kier molecular flexibility index (Phi) is 5.30. The van der Waals surface area contributed by atoms with Gasteiger partial charge in [0.15, 0.2) is 0 Å². The Hall–Kier alpha value is -2.12. The van der Waals surface area contributed by atoms with Gasteiger partial charge in [-0.1, -0.05) is 6.07 Å². The van der Waals surface area contributed by atoms with Gasteiger partial charge in [-0.25, -0.2) is 9.97 Å². The van der Waals surface area contributed by atoms with E-state index in [0.717, 1.165) is 42.8 Å². The van der Waals surface area contributed by atoms with Gasteiger partial charge in [0.2, 0.25) is 5.88 Å². The number of nitrogens with zero attached hydrogens (tertiary/aromatic N) is 3. The van der Waals surface area contributed by atoms with Crippen LogP contribution in [0.5, 0.6) is 5.88 Å². The number of ether oxygens (including phenoxy) is 1. The van der Waals surface area contributed by atoms with Crippen molar-refractivity contribution < 1.29 is 14.0 Å². The number of aryl methyl sites for hydroxylation is 1. The molecule has 0 bridgehead atoms. The molecule has 29 heavy (non-hydrogen) atoms. The zero-order valence-electron chi connectivity index (χ0n) is 18.0. The van der Waals surface area contributed by atoms with Crippen LogP contribution in [0.2, 0.25) is 0 Å². The Balaban J connectivity index is 1.39. The van der Waals surface area contributed by atoms with E-state index in [1.807, 2.05) is 24.4 Å². The topological polar surface area (TPSA) is 56.7 Å². The third-order valence-electron chi connectivity index (χ3n) is 6.34.